The molecule has 0 saturated carbocycles. The third-order valence-electron chi connectivity index (χ3n) is 6.14. The van der Waals surface area contributed by atoms with Crippen molar-refractivity contribution in [2.75, 3.05) is 30.4 Å². The minimum atomic E-state index is -4.68. The Kier molecular flexibility index (Phi) is 6.66. The van der Waals surface area contributed by atoms with Gasteiger partial charge in [-0.3, -0.25) is 0 Å². The zero-order chi connectivity index (χ0) is 26.9. The maximum Gasteiger partial charge on any atom is 0.435 e. The lowest BCUT2D eigenvalue weighted by Gasteiger charge is -2.21. The van der Waals surface area contributed by atoms with Gasteiger partial charge in [-0.15, -0.1) is 10.2 Å². The zero-order valence-electron chi connectivity index (χ0n) is 21.0. The molecule has 0 unspecified atom stereocenters. The van der Waals surface area contributed by atoms with E-state index in [1.165, 1.54) is 19.3 Å². The van der Waals surface area contributed by atoms with E-state index in [-0.39, 0.29) is 16.7 Å². The first-order chi connectivity index (χ1) is 18.3. The molecule has 11 heteroatoms. The molecule has 5 rings (SSSR count). The van der Waals surface area contributed by atoms with Crippen LogP contribution < -0.4 is 24.9 Å². The fourth-order valence-electron chi connectivity index (χ4n) is 4.30. The molecule has 0 fully saturated rings. The number of para-hydroxylation sites is 1. The fourth-order valence-corrected chi connectivity index (χ4v) is 4.30. The molecule has 0 saturated heterocycles. The lowest BCUT2D eigenvalue weighted by molar-refractivity contribution is -0.142. The van der Waals surface area contributed by atoms with Gasteiger partial charge in [0.05, 0.1) is 23.6 Å². The summed E-state index contributed by atoms with van der Waals surface area (Å²) in [4.78, 5) is 2.22. The summed E-state index contributed by atoms with van der Waals surface area (Å²) in [7, 11) is 1.47. The zero-order valence-corrected chi connectivity index (χ0v) is 21.0. The average molecular weight is 523 g/mol. The molecule has 196 valence electrons. The molecule has 4 aromatic rings. The monoisotopic (exact) mass is 522 g/mol. The molecule has 2 aromatic carbocycles. The SMILES string of the molecule is CCN(CC)c1ccc2c(c1)N/C(=C/C=C/C=c1/c(C(F)(F)F)nn3c(-c4ccccc4OC)nnc13)O2. The Morgan fingerprint density at radius 2 is 1.82 bits per heavy atom. The summed E-state index contributed by atoms with van der Waals surface area (Å²) < 4.78 is 53.8. The first-order valence-corrected chi connectivity index (χ1v) is 12.0. The van der Waals surface area contributed by atoms with Crippen LogP contribution in [0.4, 0.5) is 24.5 Å². The van der Waals surface area contributed by atoms with Gasteiger partial charge in [-0.25, -0.2) is 0 Å². The van der Waals surface area contributed by atoms with E-state index >= 15 is 0 Å². The fraction of sp³-hybridized carbons (Fsp3) is 0.222. The van der Waals surface area contributed by atoms with Gasteiger partial charge in [0.2, 0.25) is 0 Å². The van der Waals surface area contributed by atoms with Crippen molar-refractivity contribution in [3.8, 4) is 22.9 Å². The highest BCUT2D eigenvalue weighted by Gasteiger charge is 2.37. The van der Waals surface area contributed by atoms with E-state index in [9.17, 15) is 13.2 Å². The van der Waals surface area contributed by atoms with Crippen molar-refractivity contribution in [3.63, 3.8) is 0 Å². The Morgan fingerprint density at radius 1 is 1.05 bits per heavy atom. The topological polar surface area (TPSA) is 76.8 Å². The van der Waals surface area contributed by atoms with Crippen LogP contribution in [0.2, 0.25) is 0 Å². The molecule has 8 nitrogen and oxygen atoms in total. The van der Waals surface area contributed by atoms with E-state index in [1.807, 2.05) is 18.2 Å². The van der Waals surface area contributed by atoms with Gasteiger partial charge in [-0.05, 0) is 56.3 Å². The number of halogens is 3. The van der Waals surface area contributed by atoms with Gasteiger partial charge in [0.25, 0.3) is 0 Å². The van der Waals surface area contributed by atoms with Crippen LogP contribution >= 0.6 is 0 Å². The smallest absolute Gasteiger partial charge is 0.435 e. The van der Waals surface area contributed by atoms with Crippen molar-refractivity contribution < 1.29 is 22.6 Å². The number of methoxy groups -OCH3 is 1. The highest BCUT2D eigenvalue weighted by molar-refractivity contribution is 5.71. The van der Waals surface area contributed by atoms with Gasteiger partial charge in [-0.1, -0.05) is 24.3 Å². The molecule has 0 radical (unpaired) electrons. The summed E-state index contributed by atoms with van der Waals surface area (Å²) in [6.45, 7) is 5.94. The van der Waals surface area contributed by atoms with Crippen molar-refractivity contribution in [2.24, 2.45) is 0 Å². The van der Waals surface area contributed by atoms with Crippen LogP contribution in [-0.4, -0.2) is 40.0 Å². The highest BCUT2D eigenvalue weighted by Crippen LogP contribution is 2.36. The average Bonchev–Trinajstić information content (AvgIpc) is 3.60. The number of aromatic nitrogens is 4. The second kappa shape index (κ2) is 10.1. The third-order valence-corrected chi connectivity index (χ3v) is 6.14. The summed E-state index contributed by atoms with van der Waals surface area (Å²) in [5.74, 6) is 1.74. The Balaban J connectivity index is 1.45. The number of fused-ring (bicyclic) bond motifs is 2. The number of nitrogens with one attached hydrogen (secondary N) is 1. The van der Waals surface area contributed by atoms with E-state index in [0.717, 1.165) is 29.0 Å². The van der Waals surface area contributed by atoms with Gasteiger partial charge < -0.3 is 19.7 Å². The molecule has 0 atom stereocenters. The largest absolute Gasteiger partial charge is 0.496 e. The molecular weight excluding hydrogens is 497 g/mol. The first kappa shape index (κ1) is 25.1. The lowest BCUT2D eigenvalue weighted by Crippen LogP contribution is -2.21. The van der Waals surface area contributed by atoms with E-state index in [1.54, 1.807) is 36.4 Å². The number of ether oxygens (including phenoxy) is 2. The molecule has 0 bridgehead atoms. The molecule has 1 aliphatic rings. The number of hydrogen-bond acceptors (Lipinski definition) is 7. The summed E-state index contributed by atoms with van der Waals surface area (Å²) in [6.07, 6.45) is 1.33. The Labute approximate surface area is 216 Å². The Bertz CT molecular complexity index is 1590. The molecule has 0 spiro atoms. The summed E-state index contributed by atoms with van der Waals surface area (Å²) >= 11 is 0. The molecule has 0 aliphatic carbocycles. The quantitative estimate of drug-likeness (QED) is 0.363. The highest BCUT2D eigenvalue weighted by atomic mass is 19.4. The number of anilines is 2. The van der Waals surface area contributed by atoms with Crippen molar-refractivity contribution >= 4 is 23.1 Å². The number of nitrogens with zero attached hydrogens (tertiary/aromatic N) is 5. The molecule has 38 heavy (non-hydrogen) atoms. The third kappa shape index (κ3) is 4.62. The maximum absolute atomic E-state index is 13.9. The van der Waals surface area contributed by atoms with E-state index < -0.39 is 11.9 Å². The van der Waals surface area contributed by atoms with E-state index in [4.69, 9.17) is 9.47 Å². The van der Waals surface area contributed by atoms with Crippen molar-refractivity contribution in [1.29, 1.82) is 0 Å². The van der Waals surface area contributed by atoms with Gasteiger partial charge in [0.1, 0.15) is 5.75 Å². The number of alkyl halides is 3. The van der Waals surface area contributed by atoms with Crippen LogP contribution in [0.5, 0.6) is 11.5 Å². The molecule has 2 aromatic heterocycles. The Morgan fingerprint density at radius 3 is 2.55 bits per heavy atom. The summed E-state index contributed by atoms with van der Waals surface area (Å²) in [5, 5.41) is 14.9. The molecular formula is C27H25F3N6O2. The van der Waals surface area contributed by atoms with Crippen LogP contribution in [0.3, 0.4) is 0 Å². The number of benzene rings is 2. The Hall–Kier alpha value is -4.54. The van der Waals surface area contributed by atoms with E-state index in [0.29, 0.717) is 22.9 Å². The van der Waals surface area contributed by atoms with Crippen LogP contribution in [0.1, 0.15) is 19.5 Å². The molecule has 3 heterocycles. The predicted molar refractivity (Wildman–Crippen MR) is 139 cm³/mol. The minimum absolute atomic E-state index is 0.0119. The second-order valence-electron chi connectivity index (χ2n) is 8.38. The number of rotatable bonds is 7. The summed E-state index contributed by atoms with van der Waals surface area (Å²) in [5.41, 5.74) is 1.31. The number of allylic oxidation sites excluding steroid dienone is 3. The lowest BCUT2D eigenvalue weighted by atomic mass is 10.2. The normalized spacial score (nSPS) is 14.8. The van der Waals surface area contributed by atoms with Crippen molar-refractivity contribution in [2.45, 2.75) is 20.0 Å². The summed E-state index contributed by atoms with van der Waals surface area (Å²) in [6, 6.07) is 12.7. The van der Waals surface area contributed by atoms with Gasteiger partial charge >= 0.3 is 6.18 Å². The van der Waals surface area contributed by atoms with E-state index in [2.05, 4.69) is 39.4 Å². The van der Waals surface area contributed by atoms with Crippen LogP contribution in [0.15, 0.2) is 66.6 Å². The molecule has 1 N–H and O–H groups in total. The van der Waals surface area contributed by atoms with Crippen LogP contribution in [0.25, 0.3) is 23.1 Å². The van der Waals surface area contributed by atoms with Crippen molar-refractivity contribution in [1.82, 2.24) is 19.8 Å². The minimum Gasteiger partial charge on any atom is -0.496 e. The van der Waals surface area contributed by atoms with Crippen LogP contribution in [-0.2, 0) is 6.18 Å². The standard InChI is InChI=1S/C27H25F3N6O2/c1-4-35(5-2)17-14-15-22-20(16-17)31-23(38-22)13-9-7-11-19-24(27(28,29)30)34-36-25(32-33-26(19)36)18-10-6-8-12-21(18)37-3/h6-16,31H,4-5H2,1-3H3/b9-7+,19-11-,23-13-. The van der Waals surface area contributed by atoms with Gasteiger partial charge in [0, 0.05) is 18.8 Å². The second-order valence-corrected chi connectivity index (χ2v) is 8.38. The maximum atomic E-state index is 13.9. The van der Waals surface area contributed by atoms with Crippen molar-refractivity contribution in [3.05, 3.63) is 77.5 Å². The molecule has 0 amide bonds. The van der Waals surface area contributed by atoms with Crippen LogP contribution in [0, 0.1) is 0 Å². The number of hydrogen-bond donors (Lipinski definition) is 1. The molecule has 1 aliphatic heterocycles. The predicted octanol–water partition coefficient (Wildman–Crippen LogP) is 5.07. The van der Waals surface area contributed by atoms with Gasteiger partial charge in [-0.2, -0.15) is 22.8 Å². The first-order valence-electron chi connectivity index (χ1n) is 12.0. The van der Waals surface area contributed by atoms with Gasteiger partial charge in [0.15, 0.2) is 28.8 Å².